The second-order valence-corrected chi connectivity index (χ2v) is 6.52. The Morgan fingerprint density at radius 1 is 1.29 bits per heavy atom. The molecule has 0 fully saturated rings. The van der Waals surface area contributed by atoms with Crippen molar-refractivity contribution in [3.05, 3.63) is 42.2 Å². The summed E-state index contributed by atoms with van der Waals surface area (Å²) in [6.45, 7) is 6.35. The van der Waals surface area contributed by atoms with Gasteiger partial charge < -0.3 is 5.73 Å². The summed E-state index contributed by atoms with van der Waals surface area (Å²) in [5.74, 6) is -0.0272. The molecule has 0 bridgehead atoms. The number of carbonyl (C=O) groups excluding carboxylic acids is 1. The van der Waals surface area contributed by atoms with Gasteiger partial charge in [0.1, 0.15) is 5.69 Å². The van der Waals surface area contributed by atoms with Crippen LogP contribution in [-0.2, 0) is 0 Å². The summed E-state index contributed by atoms with van der Waals surface area (Å²) in [6.07, 6.45) is 2.60. The third kappa shape index (κ3) is 4.23. The van der Waals surface area contributed by atoms with E-state index in [4.69, 9.17) is 5.73 Å². The highest BCUT2D eigenvalue weighted by atomic mass is 16.1. The molecule has 0 saturated carbocycles. The molecule has 1 aromatic heterocycles. The molecule has 5 nitrogen and oxygen atoms in total. The van der Waals surface area contributed by atoms with Gasteiger partial charge in [-0.1, -0.05) is 44.2 Å². The van der Waals surface area contributed by atoms with Gasteiger partial charge in [-0.3, -0.25) is 4.79 Å². The van der Waals surface area contributed by atoms with Gasteiger partial charge in [0.25, 0.3) is 0 Å². The molecule has 1 aromatic carbocycles. The molecule has 0 aliphatic heterocycles. The molecule has 5 heteroatoms. The van der Waals surface area contributed by atoms with Crippen LogP contribution in [0.1, 0.15) is 44.1 Å². The molecule has 1 heterocycles. The summed E-state index contributed by atoms with van der Waals surface area (Å²) in [5, 5.41) is 7.85. The molecule has 112 valence electrons. The smallest absolute Gasteiger partial charge is 0.184 e. The highest BCUT2D eigenvalue weighted by Gasteiger charge is 2.21. The Balaban J connectivity index is 2.13. The Bertz CT molecular complexity index is 598. The monoisotopic (exact) mass is 286 g/mol. The van der Waals surface area contributed by atoms with Crippen molar-refractivity contribution in [1.29, 1.82) is 0 Å². The van der Waals surface area contributed by atoms with Crippen molar-refractivity contribution in [2.45, 2.75) is 39.7 Å². The summed E-state index contributed by atoms with van der Waals surface area (Å²) < 4.78 is 1.56. The van der Waals surface area contributed by atoms with Gasteiger partial charge in [-0.05, 0) is 24.0 Å². The van der Waals surface area contributed by atoms with Crippen molar-refractivity contribution in [2.75, 3.05) is 0 Å². The molecule has 2 rings (SSSR count). The van der Waals surface area contributed by atoms with Crippen molar-refractivity contribution in [3.8, 4) is 5.69 Å². The molecule has 1 atom stereocenters. The molecule has 2 aromatic rings. The van der Waals surface area contributed by atoms with Gasteiger partial charge in [-0.15, -0.1) is 5.10 Å². The number of aromatic nitrogens is 3. The fourth-order valence-electron chi connectivity index (χ4n) is 2.39. The zero-order chi connectivity index (χ0) is 15.5. The van der Waals surface area contributed by atoms with Crippen LogP contribution in [0.4, 0.5) is 0 Å². The fourth-order valence-corrected chi connectivity index (χ4v) is 2.39. The lowest BCUT2D eigenvalue weighted by molar-refractivity contribution is 0.0960. The van der Waals surface area contributed by atoms with Crippen LogP contribution >= 0.6 is 0 Å². The first kappa shape index (κ1) is 15.4. The maximum atomic E-state index is 12.4. The molecule has 0 aliphatic carbocycles. The first-order valence-electron chi connectivity index (χ1n) is 7.12. The number of benzene rings is 1. The minimum Gasteiger partial charge on any atom is -0.327 e. The Kier molecular flexibility index (Phi) is 4.53. The summed E-state index contributed by atoms with van der Waals surface area (Å²) in [5.41, 5.74) is 7.49. The van der Waals surface area contributed by atoms with E-state index in [1.807, 2.05) is 30.3 Å². The predicted octanol–water partition coefficient (Wildman–Crippen LogP) is 2.60. The molecular formula is C16H22N4O. The van der Waals surface area contributed by atoms with Gasteiger partial charge in [0.05, 0.1) is 11.9 Å². The van der Waals surface area contributed by atoms with Gasteiger partial charge in [-0.2, -0.15) is 0 Å². The highest BCUT2D eigenvalue weighted by Crippen LogP contribution is 2.22. The van der Waals surface area contributed by atoms with Crippen molar-refractivity contribution in [2.24, 2.45) is 11.1 Å². The molecule has 1 unspecified atom stereocenters. The molecule has 0 spiro atoms. The average molecular weight is 286 g/mol. The fraction of sp³-hybridized carbons (Fsp3) is 0.438. The van der Waals surface area contributed by atoms with Gasteiger partial charge in [-0.25, -0.2) is 4.68 Å². The van der Waals surface area contributed by atoms with E-state index in [-0.39, 0.29) is 17.2 Å². The van der Waals surface area contributed by atoms with Gasteiger partial charge in [0.2, 0.25) is 0 Å². The number of nitrogens with two attached hydrogens (primary N) is 1. The van der Waals surface area contributed by atoms with Crippen LogP contribution in [0.2, 0.25) is 0 Å². The third-order valence-corrected chi connectivity index (χ3v) is 3.16. The van der Waals surface area contributed by atoms with Crippen LogP contribution in [0.25, 0.3) is 5.69 Å². The van der Waals surface area contributed by atoms with Crippen molar-refractivity contribution in [3.63, 3.8) is 0 Å². The van der Waals surface area contributed by atoms with Crippen LogP contribution in [0, 0.1) is 5.41 Å². The maximum Gasteiger partial charge on any atom is 0.184 e. The summed E-state index contributed by atoms with van der Waals surface area (Å²) in [4.78, 5) is 12.4. The van der Waals surface area contributed by atoms with Crippen LogP contribution in [0.15, 0.2) is 36.5 Å². The predicted molar refractivity (Wildman–Crippen MR) is 82.4 cm³/mol. The number of ketones is 1. The quantitative estimate of drug-likeness (QED) is 0.857. The number of nitrogens with zero attached hydrogens (tertiary/aromatic N) is 3. The molecule has 21 heavy (non-hydrogen) atoms. The minimum atomic E-state index is -0.156. The van der Waals surface area contributed by atoms with E-state index in [1.54, 1.807) is 4.68 Å². The lowest BCUT2D eigenvalue weighted by atomic mass is 9.86. The second kappa shape index (κ2) is 6.18. The molecule has 0 aliphatic rings. The first-order chi connectivity index (χ1) is 9.87. The number of Topliss-reactive ketones (excluding diaryl/α,β-unsaturated/α-hetero) is 1. The lowest BCUT2D eigenvalue weighted by Crippen LogP contribution is -2.29. The van der Waals surface area contributed by atoms with Crippen LogP contribution in [-0.4, -0.2) is 26.8 Å². The van der Waals surface area contributed by atoms with Gasteiger partial charge in [0, 0.05) is 12.5 Å². The second-order valence-electron chi connectivity index (χ2n) is 6.52. The van der Waals surface area contributed by atoms with Crippen LogP contribution in [0.3, 0.4) is 0 Å². The average Bonchev–Trinajstić information content (AvgIpc) is 2.86. The molecule has 0 radical (unpaired) electrons. The zero-order valence-corrected chi connectivity index (χ0v) is 12.8. The zero-order valence-electron chi connectivity index (χ0n) is 12.8. The Hall–Kier alpha value is -2.01. The standard InChI is InChI=1S/C16H22N4O/c1-16(2,3)10-12(17)9-15(21)14-11-18-19-20(14)13-7-5-4-6-8-13/h4-8,11-12H,9-10,17H2,1-3H3. The van der Waals surface area contributed by atoms with Crippen molar-refractivity contribution >= 4 is 5.78 Å². The molecular weight excluding hydrogens is 264 g/mol. The lowest BCUT2D eigenvalue weighted by Gasteiger charge is -2.22. The summed E-state index contributed by atoms with van der Waals surface area (Å²) in [6, 6.07) is 9.34. The number of rotatable bonds is 5. The maximum absolute atomic E-state index is 12.4. The van der Waals surface area contributed by atoms with E-state index in [2.05, 4.69) is 31.1 Å². The molecule has 2 N–H and O–H groups in total. The highest BCUT2D eigenvalue weighted by molar-refractivity contribution is 5.95. The topological polar surface area (TPSA) is 73.8 Å². The van der Waals surface area contributed by atoms with E-state index in [1.165, 1.54) is 6.20 Å². The van der Waals surface area contributed by atoms with E-state index in [0.29, 0.717) is 12.1 Å². The minimum absolute atomic E-state index is 0.0272. The largest absolute Gasteiger partial charge is 0.327 e. The van der Waals surface area contributed by atoms with Crippen LogP contribution in [0.5, 0.6) is 0 Å². The van der Waals surface area contributed by atoms with Gasteiger partial charge >= 0.3 is 0 Å². The summed E-state index contributed by atoms with van der Waals surface area (Å²) in [7, 11) is 0. The summed E-state index contributed by atoms with van der Waals surface area (Å²) >= 11 is 0. The number of hydrogen-bond donors (Lipinski definition) is 1. The Labute approximate surface area is 125 Å². The van der Waals surface area contributed by atoms with E-state index in [0.717, 1.165) is 12.1 Å². The van der Waals surface area contributed by atoms with Crippen molar-refractivity contribution < 1.29 is 4.79 Å². The van der Waals surface area contributed by atoms with Crippen molar-refractivity contribution in [1.82, 2.24) is 15.0 Å². The first-order valence-corrected chi connectivity index (χ1v) is 7.12. The number of para-hydroxylation sites is 1. The number of hydrogen-bond acceptors (Lipinski definition) is 4. The van der Waals surface area contributed by atoms with Crippen LogP contribution < -0.4 is 5.73 Å². The third-order valence-electron chi connectivity index (χ3n) is 3.16. The van der Waals surface area contributed by atoms with Gasteiger partial charge in [0.15, 0.2) is 5.78 Å². The van der Waals surface area contributed by atoms with E-state index in [9.17, 15) is 4.79 Å². The SMILES string of the molecule is CC(C)(C)CC(N)CC(=O)c1cnnn1-c1ccccc1. The molecule has 0 saturated heterocycles. The normalized spacial score (nSPS) is 13.1. The van der Waals surface area contributed by atoms with E-state index >= 15 is 0 Å². The van der Waals surface area contributed by atoms with E-state index < -0.39 is 0 Å². The Morgan fingerprint density at radius 3 is 2.57 bits per heavy atom. The number of carbonyl (C=O) groups is 1. The Morgan fingerprint density at radius 2 is 1.95 bits per heavy atom. The molecule has 0 amide bonds.